The van der Waals surface area contributed by atoms with Crippen LogP contribution in [0.2, 0.25) is 0 Å². The summed E-state index contributed by atoms with van der Waals surface area (Å²) in [6, 6.07) is 23.9. The van der Waals surface area contributed by atoms with Gasteiger partial charge in [-0.1, -0.05) is 97.3 Å². The summed E-state index contributed by atoms with van der Waals surface area (Å²) in [6.45, 7) is 8.19. The summed E-state index contributed by atoms with van der Waals surface area (Å²) in [5.74, 6) is 0. The van der Waals surface area contributed by atoms with E-state index in [0.717, 1.165) is 6.42 Å². The Morgan fingerprint density at radius 3 is 1.27 bits per heavy atom. The Hall–Kier alpha value is -0.947. The van der Waals surface area contributed by atoms with E-state index < -0.39 is 0 Å². The molecule has 0 fully saturated rings. The van der Waals surface area contributed by atoms with Crippen molar-refractivity contribution in [1.82, 2.24) is 0 Å². The Morgan fingerprint density at radius 2 is 1.03 bits per heavy atom. The average Bonchev–Trinajstić information content (AvgIpc) is 2.89. The molecule has 194 valence electrons. The molecule has 0 amide bonds. The minimum atomic E-state index is 1.12. The van der Waals surface area contributed by atoms with Gasteiger partial charge in [0.05, 0.1) is 0 Å². The predicted molar refractivity (Wildman–Crippen MR) is 131 cm³/mol. The molecule has 2 aromatic carbocycles. The van der Waals surface area contributed by atoms with Crippen LogP contribution in [0.4, 0.5) is 0 Å². The van der Waals surface area contributed by atoms with Crippen LogP contribution < -0.4 is 0 Å². The van der Waals surface area contributed by atoms with Crippen LogP contribution in [0.1, 0.15) is 102 Å². The van der Waals surface area contributed by atoms with Crippen molar-refractivity contribution in [2.45, 2.75) is 104 Å². The second kappa shape index (κ2) is 38.3. The SMILES string of the molecule is Cc1[c-]cccc1.[CH2-]CCCCCCCCCCCCCCC.[O]=[Co].[O]=[Co].[c-]1cc[c-]cc1. The summed E-state index contributed by atoms with van der Waals surface area (Å²) >= 11 is 4.62. The van der Waals surface area contributed by atoms with Gasteiger partial charge in [0, 0.05) is 0 Å². The number of rotatable bonds is 13. The molecular weight excluding hydrogens is 498 g/mol. The van der Waals surface area contributed by atoms with E-state index in [1.165, 1.54) is 89.0 Å². The largest absolute Gasteiger partial charge is 0.319 e. The zero-order valence-electron chi connectivity index (χ0n) is 20.7. The van der Waals surface area contributed by atoms with Crippen LogP contribution in [0.15, 0.2) is 48.5 Å². The van der Waals surface area contributed by atoms with Crippen LogP contribution >= 0.6 is 0 Å². The van der Waals surface area contributed by atoms with Crippen LogP contribution in [0.5, 0.6) is 0 Å². The Kier molecular flexibility index (Phi) is 42.5. The fourth-order valence-corrected chi connectivity index (χ4v) is 2.98. The van der Waals surface area contributed by atoms with E-state index in [2.05, 4.69) is 63.4 Å². The van der Waals surface area contributed by atoms with Gasteiger partial charge in [-0.15, -0.1) is 0 Å². The third-order valence-electron chi connectivity index (χ3n) is 4.77. The predicted octanol–water partition coefficient (Wildman–Crippen LogP) is 9.14. The first-order valence-electron chi connectivity index (χ1n) is 12.1. The van der Waals surface area contributed by atoms with Crippen molar-refractivity contribution in [3.8, 4) is 0 Å². The van der Waals surface area contributed by atoms with Crippen LogP contribution in [-0.4, -0.2) is 0 Å². The number of aryl methyl sites for hydroxylation is 1. The molecule has 0 unspecified atom stereocenters. The van der Waals surface area contributed by atoms with Gasteiger partial charge < -0.3 is 19.1 Å². The summed E-state index contributed by atoms with van der Waals surface area (Å²) in [5.41, 5.74) is 1.20. The zero-order chi connectivity index (χ0) is 25.3. The van der Waals surface area contributed by atoms with E-state index >= 15 is 0 Å². The second-order valence-electron chi connectivity index (χ2n) is 7.64. The first-order chi connectivity index (χ1) is 16.3. The molecule has 2 aromatic rings. The number of benzene rings is 2. The molecule has 0 radical (unpaired) electrons. The second-order valence-corrected chi connectivity index (χ2v) is 7.64. The molecule has 33 heavy (non-hydrogen) atoms. The molecule has 0 aliphatic rings. The molecule has 2 nitrogen and oxygen atoms in total. The minimum Gasteiger partial charge on any atom is -0.319 e. The van der Waals surface area contributed by atoms with E-state index in [4.69, 9.17) is 7.73 Å². The van der Waals surface area contributed by atoms with Crippen molar-refractivity contribution in [3.63, 3.8) is 0 Å². The Bertz CT molecular complexity index is 495. The molecule has 0 saturated heterocycles. The standard InChI is InChI=1S/C16H33.C7H7.C6H4.2Co.2O/c1-3-5-7-9-11-13-15-16-14-12-10-8-6-4-2;1-7-5-3-2-4-6-7;1-2-4-6-5-3-1;;;;/h1,3-16H2,2H3;2-5H,1H3;1-2,5-6H;;;;/q2*-1;-2;;;;. The Morgan fingerprint density at radius 1 is 0.636 bits per heavy atom. The third-order valence-corrected chi connectivity index (χ3v) is 4.77. The van der Waals surface area contributed by atoms with Gasteiger partial charge >= 0.3 is 39.1 Å². The van der Waals surface area contributed by atoms with Gasteiger partial charge in [0.1, 0.15) is 0 Å². The normalized spacial score (nSPS) is 8.88. The quantitative estimate of drug-likeness (QED) is 0.187. The van der Waals surface area contributed by atoms with Crippen LogP contribution in [0.25, 0.3) is 0 Å². The van der Waals surface area contributed by atoms with Crippen LogP contribution in [0, 0.1) is 32.0 Å². The maximum absolute atomic E-state index is 7.94. The first-order valence-corrected chi connectivity index (χ1v) is 13.0. The smallest absolute Gasteiger partial charge is 0.288 e. The minimum absolute atomic E-state index is 1.12. The number of unbranched alkanes of at least 4 members (excludes halogenated alkanes) is 13. The average molecular weight is 543 g/mol. The van der Waals surface area contributed by atoms with Crippen LogP contribution in [-0.2, 0) is 39.1 Å². The van der Waals surface area contributed by atoms with Crippen molar-refractivity contribution in [2.24, 2.45) is 0 Å². The van der Waals surface area contributed by atoms with E-state index in [0.29, 0.717) is 0 Å². The van der Waals surface area contributed by atoms with Gasteiger partial charge in [-0.05, 0) is 0 Å². The molecule has 2 rings (SSSR count). The molecule has 0 saturated carbocycles. The number of hydrogen-bond acceptors (Lipinski definition) is 2. The summed E-state index contributed by atoms with van der Waals surface area (Å²) in [7, 11) is 0. The molecule has 0 spiro atoms. The van der Waals surface area contributed by atoms with E-state index in [1.807, 2.05) is 55.5 Å². The molecule has 0 aliphatic heterocycles. The molecule has 0 N–H and O–H groups in total. The fraction of sp³-hybridized carbons (Fsp3) is 0.552. The molecule has 0 heterocycles. The van der Waals surface area contributed by atoms with Crippen molar-refractivity contribution in [3.05, 3.63) is 79.2 Å². The van der Waals surface area contributed by atoms with Crippen LogP contribution in [0.3, 0.4) is 0 Å². The van der Waals surface area contributed by atoms with Gasteiger partial charge in [-0.3, -0.25) is 24.3 Å². The molecule has 0 aliphatic carbocycles. The maximum Gasteiger partial charge on any atom is -0.288 e. The summed E-state index contributed by atoms with van der Waals surface area (Å²) in [6.07, 6.45) is 19.8. The summed E-state index contributed by atoms with van der Waals surface area (Å²) in [4.78, 5) is 0. The monoisotopic (exact) mass is 542 g/mol. The van der Waals surface area contributed by atoms with Crippen molar-refractivity contribution < 1.29 is 39.1 Å². The Balaban J connectivity index is -0.000000431. The van der Waals surface area contributed by atoms with Gasteiger partial charge in [-0.25, -0.2) is 0 Å². The summed E-state index contributed by atoms with van der Waals surface area (Å²) < 4.78 is 15.9. The molecule has 0 aromatic heterocycles. The molecular formula is C29H44Co2O2-4. The van der Waals surface area contributed by atoms with Gasteiger partial charge in [-0.2, -0.15) is 42.3 Å². The van der Waals surface area contributed by atoms with Crippen molar-refractivity contribution >= 4 is 0 Å². The van der Waals surface area contributed by atoms with Crippen molar-refractivity contribution in [1.29, 1.82) is 0 Å². The van der Waals surface area contributed by atoms with Crippen molar-refractivity contribution in [2.75, 3.05) is 0 Å². The molecule has 0 atom stereocenters. The first kappa shape index (κ1) is 36.6. The molecule has 0 bridgehead atoms. The third kappa shape index (κ3) is 38.6. The fourth-order valence-electron chi connectivity index (χ4n) is 2.98. The topological polar surface area (TPSA) is 34.1 Å². The van der Waals surface area contributed by atoms with E-state index in [9.17, 15) is 0 Å². The van der Waals surface area contributed by atoms with Gasteiger partial charge in [0.25, 0.3) is 0 Å². The summed E-state index contributed by atoms with van der Waals surface area (Å²) in [5, 5.41) is 0. The number of hydrogen-bond donors (Lipinski definition) is 0. The van der Waals surface area contributed by atoms with Gasteiger partial charge in [0.15, 0.2) is 0 Å². The van der Waals surface area contributed by atoms with E-state index in [1.54, 1.807) is 0 Å². The maximum atomic E-state index is 7.94. The van der Waals surface area contributed by atoms with Gasteiger partial charge in [0.2, 0.25) is 0 Å². The Labute approximate surface area is 221 Å². The van der Waals surface area contributed by atoms with E-state index in [-0.39, 0.29) is 0 Å². The molecule has 4 heteroatoms. The zero-order valence-corrected chi connectivity index (χ0v) is 22.8.